The van der Waals surface area contributed by atoms with Crippen molar-refractivity contribution in [2.75, 3.05) is 0 Å². The summed E-state index contributed by atoms with van der Waals surface area (Å²) in [4.78, 5) is 8.96. The second-order valence-corrected chi connectivity index (χ2v) is 4.95. The first-order valence-corrected chi connectivity index (χ1v) is 6.63. The number of imidazole rings is 1. The topological polar surface area (TPSA) is 30.7 Å². The molecule has 0 bridgehead atoms. The molecule has 0 amide bonds. The van der Waals surface area contributed by atoms with Crippen LogP contribution in [0.3, 0.4) is 0 Å². The van der Waals surface area contributed by atoms with Crippen molar-refractivity contribution < 1.29 is 0 Å². The number of hydrogen-bond donors (Lipinski definition) is 0. The lowest BCUT2D eigenvalue weighted by atomic mass is 10.2. The molecule has 1 atom stereocenters. The van der Waals surface area contributed by atoms with E-state index in [0.29, 0.717) is 0 Å². The van der Waals surface area contributed by atoms with E-state index in [4.69, 9.17) is 11.6 Å². The highest BCUT2D eigenvalue weighted by Gasteiger charge is 2.14. The van der Waals surface area contributed by atoms with Gasteiger partial charge in [-0.25, -0.2) is 9.97 Å². The van der Waals surface area contributed by atoms with Crippen LogP contribution in [-0.2, 0) is 6.54 Å². The summed E-state index contributed by atoms with van der Waals surface area (Å²) >= 11 is 6.18. The van der Waals surface area contributed by atoms with Gasteiger partial charge in [0.25, 0.3) is 0 Å². The molecule has 0 saturated carbocycles. The largest absolute Gasteiger partial charge is 0.311 e. The standard InChI is InChI=1S/C13H18ClN3/c1-3-4-5-9-17-12(10(2)14)16-11-7-6-8-15-13(11)17/h6-8,10H,3-5,9H2,1-2H3. The fraction of sp³-hybridized carbons (Fsp3) is 0.538. The smallest absolute Gasteiger partial charge is 0.160 e. The first-order valence-electron chi connectivity index (χ1n) is 6.19. The average molecular weight is 252 g/mol. The Morgan fingerprint density at radius 3 is 2.94 bits per heavy atom. The molecule has 2 aromatic heterocycles. The molecule has 0 fully saturated rings. The summed E-state index contributed by atoms with van der Waals surface area (Å²) in [5, 5.41) is -0.0779. The minimum Gasteiger partial charge on any atom is -0.311 e. The summed E-state index contributed by atoms with van der Waals surface area (Å²) < 4.78 is 2.16. The maximum atomic E-state index is 6.18. The van der Waals surface area contributed by atoms with Crippen molar-refractivity contribution in [3.8, 4) is 0 Å². The van der Waals surface area contributed by atoms with Gasteiger partial charge in [0.1, 0.15) is 11.3 Å². The van der Waals surface area contributed by atoms with Crippen molar-refractivity contribution >= 4 is 22.8 Å². The number of aromatic nitrogens is 3. The number of nitrogens with zero attached hydrogens (tertiary/aromatic N) is 3. The first kappa shape index (κ1) is 12.4. The number of pyridine rings is 1. The fourth-order valence-corrected chi connectivity index (χ4v) is 2.19. The third kappa shape index (κ3) is 2.60. The van der Waals surface area contributed by atoms with Crippen LogP contribution >= 0.6 is 11.6 Å². The maximum absolute atomic E-state index is 6.18. The summed E-state index contributed by atoms with van der Waals surface area (Å²) in [5.41, 5.74) is 1.89. The molecule has 1 unspecified atom stereocenters. The van der Waals surface area contributed by atoms with Crippen LogP contribution in [0.15, 0.2) is 18.3 Å². The molecule has 17 heavy (non-hydrogen) atoms. The monoisotopic (exact) mass is 251 g/mol. The fourth-order valence-electron chi connectivity index (χ4n) is 2.02. The highest BCUT2D eigenvalue weighted by atomic mass is 35.5. The Balaban J connectivity index is 2.37. The maximum Gasteiger partial charge on any atom is 0.160 e. The van der Waals surface area contributed by atoms with Crippen molar-refractivity contribution in [3.63, 3.8) is 0 Å². The predicted molar refractivity (Wildman–Crippen MR) is 71.3 cm³/mol. The molecule has 0 aliphatic rings. The molecule has 3 nitrogen and oxygen atoms in total. The van der Waals surface area contributed by atoms with Gasteiger partial charge < -0.3 is 4.57 Å². The molecule has 2 rings (SSSR count). The Kier molecular flexibility index (Phi) is 4.00. The van der Waals surface area contributed by atoms with E-state index in [1.54, 1.807) is 0 Å². The number of fused-ring (bicyclic) bond motifs is 1. The molecule has 0 saturated heterocycles. The van der Waals surface area contributed by atoms with Crippen molar-refractivity contribution in [1.29, 1.82) is 0 Å². The molecule has 0 aliphatic carbocycles. The van der Waals surface area contributed by atoms with Gasteiger partial charge in [-0.2, -0.15) is 0 Å². The lowest BCUT2D eigenvalue weighted by molar-refractivity contribution is 0.588. The van der Waals surface area contributed by atoms with Gasteiger partial charge in [-0.3, -0.25) is 0 Å². The molecule has 92 valence electrons. The molecule has 2 aromatic rings. The van der Waals surface area contributed by atoms with E-state index in [1.165, 1.54) is 12.8 Å². The Hall–Kier alpha value is -1.09. The second-order valence-electron chi connectivity index (χ2n) is 4.29. The normalized spacial score (nSPS) is 13.1. The van der Waals surface area contributed by atoms with Gasteiger partial charge in [0.15, 0.2) is 5.65 Å². The van der Waals surface area contributed by atoms with Crippen LogP contribution in [0.2, 0.25) is 0 Å². The van der Waals surface area contributed by atoms with E-state index >= 15 is 0 Å². The molecule has 0 radical (unpaired) electrons. The van der Waals surface area contributed by atoms with Crippen LogP contribution < -0.4 is 0 Å². The van der Waals surface area contributed by atoms with Crippen molar-refractivity contribution in [2.24, 2.45) is 0 Å². The lowest BCUT2D eigenvalue weighted by Crippen LogP contribution is -2.05. The minimum absolute atomic E-state index is 0.0779. The highest BCUT2D eigenvalue weighted by Crippen LogP contribution is 2.23. The first-order chi connectivity index (χ1) is 8.24. The molecule has 0 N–H and O–H groups in total. The van der Waals surface area contributed by atoms with Crippen LogP contribution in [0.4, 0.5) is 0 Å². The van der Waals surface area contributed by atoms with E-state index < -0.39 is 0 Å². The quantitative estimate of drug-likeness (QED) is 0.596. The molecular formula is C13H18ClN3. The van der Waals surface area contributed by atoms with Crippen LogP contribution in [0.1, 0.15) is 44.3 Å². The highest BCUT2D eigenvalue weighted by molar-refractivity contribution is 6.20. The molecule has 0 aromatic carbocycles. The van der Waals surface area contributed by atoms with E-state index in [2.05, 4.69) is 21.5 Å². The van der Waals surface area contributed by atoms with Crippen LogP contribution in [0.25, 0.3) is 11.2 Å². The number of rotatable bonds is 5. The van der Waals surface area contributed by atoms with Gasteiger partial charge in [-0.05, 0) is 25.5 Å². The van der Waals surface area contributed by atoms with Gasteiger partial charge in [0.05, 0.1) is 5.38 Å². The Morgan fingerprint density at radius 1 is 1.41 bits per heavy atom. The summed E-state index contributed by atoms with van der Waals surface area (Å²) in [6.45, 7) is 5.11. The van der Waals surface area contributed by atoms with Gasteiger partial charge >= 0.3 is 0 Å². The Labute approximate surface area is 107 Å². The zero-order chi connectivity index (χ0) is 12.3. The Bertz CT molecular complexity index is 490. The van der Waals surface area contributed by atoms with Gasteiger partial charge in [-0.15, -0.1) is 11.6 Å². The summed E-state index contributed by atoms with van der Waals surface area (Å²) in [6.07, 6.45) is 5.40. The zero-order valence-electron chi connectivity index (χ0n) is 10.4. The van der Waals surface area contributed by atoms with Gasteiger partial charge in [-0.1, -0.05) is 19.8 Å². The number of hydrogen-bond acceptors (Lipinski definition) is 2. The minimum atomic E-state index is -0.0779. The molecule has 0 spiro atoms. The number of unbranched alkanes of at least 4 members (excludes halogenated alkanes) is 2. The van der Waals surface area contributed by atoms with Gasteiger partial charge in [0, 0.05) is 12.7 Å². The predicted octanol–water partition coefficient (Wildman–Crippen LogP) is 3.92. The van der Waals surface area contributed by atoms with Crippen molar-refractivity contribution in [2.45, 2.75) is 45.0 Å². The zero-order valence-corrected chi connectivity index (χ0v) is 11.1. The lowest BCUT2D eigenvalue weighted by Gasteiger charge is -2.09. The number of aryl methyl sites for hydroxylation is 1. The third-order valence-electron chi connectivity index (χ3n) is 2.87. The molecule has 2 heterocycles. The summed E-state index contributed by atoms with van der Waals surface area (Å²) in [6, 6.07) is 3.90. The molecular weight excluding hydrogens is 234 g/mol. The third-order valence-corrected chi connectivity index (χ3v) is 3.07. The number of halogens is 1. The van der Waals surface area contributed by atoms with E-state index in [0.717, 1.165) is 30.0 Å². The summed E-state index contributed by atoms with van der Waals surface area (Å²) in [7, 11) is 0. The van der Waals surface area contributed by atoms with Crippen LogP contribution in [-0.4, -0.2) is 14.5 Å². The number of alkyl halides is 1. The Morgan fingerprint density at radius 2 is 2.24 bits per heavy atom. The van der Waals surface area contributed by atoms with Crippen LogP contribution in [0.5, 0.6) is 0 Å². The summed E-state index contributed by atoms with van der Waals surface area (Å²) in [5.74, 6) is 0.927. The van der Waals surface area contributed by atoms with E-state index in [1.807, 2.05) is 25.3 Å². The van der Waals surface area contributed by atoms with Crippen LogP contribution in [0, 0.1) is 0 Å². The average Bonchev–Trinajstić information content (AvgIpc) is 2.69. The van der Waals surface area contributed by atoms with Gasteiger partial charge in [0.2, 0.25) is 0 Å². The van der Waals surface area contributed by atoms with E-state index in [-0.39, 0.29) is 5.38 Å². The second kappa shape index (κ2) is 5.50. The SMILES string of the molecule is CCCCCn1c(C(C)Cl)nc2cccnc21. The van der Waals surface area contributed by atoms with Crippen molar-refractivity contribution in [1.82, 2.24) is 14.5 Å². The molecule has 4 heteroatoms. The van der Waals surface area contributed by atoms with Crippen molar-refractivity contribution in [3.05, 3.63) is 24.2 Å². The molecule has 0 aliphatic heterocycles. The van der Waals surface area contributed by atoms with E-state index in [9.17, 15) is 0 Å².